The number of rotatable bonds is 3. The second-order valence-corrected chi connectivity index (χ2v) is 6.23. The third kappa shape index (κ3) is 3.06. The fourth-order valence-electron chi connectivity index (χ4n) is 3.37. The van der Waals surface area contributed by atoms with Crippen LogP contribution < -0.4 is 0 Å². The average molecular weight is 292 g/mol. The Labute approximate surface area is 133 Å². The smallest absolute Gasteiger partial charge is 0.0860 e. The molecule has 0 amide bonds. The van der Waals surface area contributed by atoms with E-state index in [9.17, 15) is 0 Å². The van der Waals surface area contributed by atoms with Crippen molar-refractivity contribution in [1.82, 2.24) is 9.88 Å². The first kappa shape index (κ1) is 14.8. The first-order valence-electron chi connectivity index (χ1n) is 8.08. The van der Waals surface area contributed by atoms with Gasteiger partial charge in [0, 0.05) is 18.8 Å². The van der Waals surface area contributed by atoms with Gasteiger partial charge in [-0.3, -0.25) is 4.98 Å². The molecule has 1 aromatic heterocycles. The van der Waals surface area contributed by atoms with E-state index in [0.717, 1.165) is 30.2 Å². The molecule has 0 unspecified atom stereocenters. The Hall–Kier alpha value is -2.09. The quantitative estimate of drug-likeness (QED) is 0.825. The Bertz CT molecular complexity index is 667. The maximum Gasteiger partial charge on any atom is 0.0860 e. The van der Waals surface area contributed by atoms with Crippen LogP contribution in [0, 0.1) is 13.8 Å². The highest BCUT2D eigenvalue weighted by atomic mass is 15.1. The fraction of sp³-hybridized carbons (Fsp3) is 0.350. The monoisotopic (exact) mass is 292 g/mol. The Kier molecular flexibility index (Phi) is 4.28. The van der Waals surface area contributed by atoms with Crippen LogP contribution in [0.2, 0.25) is 0 Å². The van der Waals surface area contributed by atoms with Crippen molar-refractivity contribution in [3.63, 3.8) is 0 Å². The van der Waals surface area contributed by atoms with Gasteiger partial charge in [0.05, 0.1) is 11.4 Å². The Balaban J connectivity index is 1.67. The van der Waals surface area contributed by atoms with Crippen LogP contribution in [0.4, 0.5) is 0 Å². The van der Waals surface area contributed by atoms with Crippen molar-refractivity contribution in [1.29, 1.82) is 0 Å². The number of hydrogen-bond donors (Lipinski definition) is 0. The Morgan fingerprint density at radius 1 is 1.05 bits per heavy atom. The molecule has 0 saturated carbocycles. The average Bonchev–Trinajstić information content (AvgIpc) is 2.55. The molecular weight excluding hydrogens is 268 g/mol. The molecule has 2 nitrogen and oxygen atoms in total. The summed E-state index contributed by atoms with van der Waals surface area (Å²) in [5.41, 5.74) is 6.05. The maximum absolute atomic E-state index is 4.60. The minimum atomic E-state index is 0.677. The van der Waals surface area contributed by atoms with Crippen LogP contribution in [0.15, 0.2) is 49.0 Å². The SMILES string of the molecule is C=C(c1cccc(C)n1)N1CCC(c2ccccc2C)CC1. The summed E-state index contributed by atoms with van der Waals surface area (Å²) in [5.74, 6) is 0.677. The maximum atomic E-state index is 4.60. The molecule has 2 aromatic rings. The van der Waals surface area contributed by atoms with Crippen molar-refractivity contribution >= 4 is 5.70 Å². The van der Waals surface area contributed by atoms with Crippen LogP contribution in [0.1, 0.15) is 41.3 Å². The van der Waals surface area contributed by atoms with Gasteiger partial charge in [-0.1, -0.05) is 36.9 Å². The summed E-state index contributed by atoms with van der Waals surface area (Å²) in [7, 11) is 0. The van der Waals surface area contributed by atoms with Gasteiger partial charge >= 0.3 is 0 Å². The molecule has 1 saturated heterocycles. The van der Waals surface area contributed by atoms with Gasteiger partial charge in [0.15, 0.2) is 0 Å². The van der Waals surface area contributed by atoms with Crippen molar-refractivity contribution in [3.05, 3.63) is 71.6 Å². The van der Waals surface area contributed by atoms with Crippen LogP contribution in [0.3, 0.4) is 0 Å². The predicted molar refractivity (Wildman–Crippen MR) is 92.7 cm³/mol. The fourth-order valence-corrected chi connectivity index (χ4v) is 3.37. The van der Waals surface area contributed by atoms with Gasteiger partial charge in [0.2, 0.25) is 0 Å². The summed E-state index contributed by atoms with van der Waals surface area (Å²) in [6, 6.07) is 14.9. The number of pyridine rings is 1. The van der Waals surface area contributed by atoms with Crippen molar-refractivity contribution in [3.8, 4) is 0 Å². The molecule has 1 aromatic carbocycles. The first-order valence-corrected chi connectivity index (χ1v) is 8.08. The molecule has 1 aliphatic heterocycles. The van der Waals surface area contributed by atoms with E-state index in [-0.39, 0.29) is 0 Å². The van der Waals surface area contributed by atoms with Gasteiger partial charge in [0.25, 0.3) is 0 Å². The molecule has 2 heteroatoms. The molecule has 1 aliphatic rings. The van der Waals surface area contributed by atoms with Gasteiger partial charge in [-0.25, -0.2) is 0 Å². The molecule has 0 spiro atoms. The summed E-state index contributed by atoms with van der Waals surface area (Å²) >= 11 is 0. The summed E-state index contributed by atoms with van der Waals surface area (Å²) in [6.45, 7) is 10.6. The first-order chi connectivity index (χ1) is 10.6. The number of aromatic nitrogens is 1. The van der Waals surface area contributed by atoms with Gasteiger partial charge in [0.1, 0.15) is 0 Å². The normalized spacial score (nSPS) is 15.8. The topological polar surface area (TPSA) is 16.1 Å². The zero-order valence-electron chi connectivity index (χ0n) is 13.5. The van der Waals surface area contributed by atoms with Crippen molar-refractivity contribution in [2.75, 3.05) is 13.1 Å². The lowest BCUT2D eigenvalue weighted by atomic mass is 9.86. The lowest BCUT2D eigenvalue weighted by Crippen LogP contribution is -2.31. The van der Waals surface area contributed by atoms with E-state index in [1.54, 1.807) is 0 Å². The number of likely N-dealkylation sites (tertiary alicyclic amines) is 1. The second-order valence-electron chi connectivity index (χ2n) is 6.23. The van der Waals surface area contributed by atoms with Crippen molar-refractivity contribution in [2.45, 2.75) is 32.6 Å². The Morgan fingerprint density at radius 2 is 1.77 bits per heavy atom. The van der Waals surface area contributed by atoms with Crippen LogP contribution in [-0.4, -0.2) is 23.0 Å². The second kappa shape index (κ2) is 6.35. The van der Waals surface area contributed by atoms with E-state index < -0.39 is 0 Å². The minimum Gasteiger partial charge on any atom is -0.370 e. The highest BCUT2D eigenvalue weighted by Crippen LogP contribution is 2.32. The zero-order chi connectivity index (χ0) is 15.5. The highest BCUT2D eigenvalue weighted by Gasteiger charge is 2.23. The molecule has 22 heavy (non-hydrogen) atoms. The molecule has 0 radical (unpaired) electrons. The van der Waals surface area contributed by atoms with Gasteiger partial charge < -0.3 is 4.90 Å². The van der Waals surface area contributed by atoms with Crippen molar-refractivity contribution < 1.29 is 0 Å². The van der Waals surface area contributed by atoms with E-state index in [2.05, 4.69) is 59.8 Å². The van der Waals surface area contributed by atoms with Crippen LogP contribution in [0.25, 0.3) is 5.70 Å². The molecule has 0 aliphatic carbocycles. The summed E-state index contributed by atoms with van der Waals surface area (Å²) < 4.78 is 0. The highest BCUT2D eigenvalue weighted by molar-refractivity contribution is 5.58. The third-order valence-corrected chi connectivity index (χ3v) is 4.69. The van der Waals surface area contributed by atoms with Crippen LogP contribution in [0.5, 0.6) is 0 Å². The van der Waals surface area contributed by atoms with Crippen molar-refractivity contribution in [2.24, 2.45) is 0 Å². The molecular formula is C20H24N2. The van der Waals surface area contributed by atoms with Gasteiger partial charge in [-0.2, -0.15) is 0 Å². The molecule has 0 atom stereocenters. The van der Waals surface area contributed by atoms with Gasteiger partial charge in [-0.05, 0) is 55.9 Å². The number of hydrogen-bond acceptors (Lipinski definition) is 2. The number of benzene rings is 1. The molecule has 1 fully saturated rings. The molecule has 2 heterocycles. The van der Waals surface area contributed by atoms with Crippen LogP contribution in [-0.2, 0) is 0 Å². The zero-order valence-corrected chi connectivity index (χ0v) is 13.5. The standard InChI is InChI=1S/C20H24N2/c1-15-7-4-5-9-19(15)18-11-13-22(14-12-18)17(3)20-10-6-8-16(2)21-20/h4-10,18H,3,11-14H2,1-2H3. The minimum absolute atomic E-state index is 0.677. The van der Waals surface area contributed by atoms with E-state index in [4.69, 9.17) is 0 Å². The lowest BCUT2D eigenvalue weighted by molar-refractivity contribution is 0.298. The number of nitrogens with zero attached hydrogens (tertiary/aromatic N) is 2. The molecule has 114 valence electrons. The summed E-state index contributed by atoms with van der Waals surface area (Å²) in [6.07, 6.45) is 2.38. The predicted octanol–water partition coefficient (Wildman–Crippen LogP) is 4.55. The Morgan fingerprint density at radius 3 is 2.45 bits per heavy atom. The lowest BCUT2D eigenvalue weighted by Gasteiger charge is -2.35. The number of aryl methyl sites for hydroxylation is 2. The largest absolute Gasteiger partial charge is 0.370 e. The van der Waals surface area contributed by atoms with E-state index in [0.29, 0.717) is 5.92 Å². The molecule has 0 bridgehead atoms. The van der Waals surface area contributed by atoms with E-state index in [1.165, 1.54) is 24.0 Å². The van der Waals surface area contributed by atoms with E-state index in [1.807, 2.05) is 13.0 Å². The molecule has 3 rings (SSSR count). The van der Waals surface area contributed by atoms with E-state index >= 15 is 0 Å². The molecule has 0 N–H and O–H groups in total. The summed E-state index contributed by atoms with van der Waals surface area (Å²) in [5, 5.41) is 0. The third-order valence-electron chi connectivity index (χ3n) is 4.69. The number of piperidine rings is 1. The summed E-state index contributed by atoms with van der Waals surface area (Å²) in [4.78, 5) is 6.98. The van der Waals surface area contributed by atoms with Gasteiger partial charge in [-0.15, -0.1) is 0 Å². The van der Waals surface area contributed by atoms with Crippen LogP contribution >= 0.6 is 0 Å².